The molecule has 1 atom stereocenters. The first-order valence-corrected chi connectivity index (χ1v) is 7.02. The molecule has 0 spiro atoms. The monoisotopic (exact) mass is 283 g/mol. The van der Waals surface area contributed by atoms with E-state index in [1.165, 1.54) is 6.07 Å². The molecular formula is C15H22FNO3. The molecule has 20 heavy (non-hydrogen) atoms. The second-order valence-electron chi connectivity index (χ2n) is 4.89. The van der Waals surface area contributed by atoms with Gasteiger partial charge in [-0.25, -0.2) is 4.39 Å². The van der Waals surface area contributed by atoms with Crippen molar-refractivity contribution in [2.24, 2.45) is 0 Å². The number of ether oxygens (including phenoxy) is 3. The summed E-state index contributed by atoms with van der Waals surface area (Å²) in [6.45, 7) is 3.32. The number of hydrogen-bond donors (Lipinski definition) is 1. The molecule has 0 radical (unpaired) electrons. The maximum absolute atomic E-state index is 14.0. The smallest absolute Gasteiger partial charge is 0.165 e. The van der Waals surface area contributed by atoms with Crippen LogP contribution in [0.4, 0.5) is 4.39 Å². The van der Waals surface area contributed by atoms with Crippen LogP contribution in [0.5, 0.6) is 5.75 Å². The lowest BCUT2D eigenvalue weighted by molar-refractivity contribution is 0.00587. The number of methoxy groups -OCH3 is 1. The van der Waals surface area contributed by atoms with Crippen molar-refractivity contribution < 1.29 is 18.6 Å². The standard InChI is InChI=1S/C15H22FNO3/c1-18-8-6-17-10-12-4-5-15(14(16)9-12)20-13-3-2-7-19-11-13/h4-5,9,13,17H,2-3,6-8,10-11H2,1H3. The summed E-state index contributed by atoms with van der Waals surface area (Å²) in [4.78, 5) is 0. The van der Waals surface area contributed by atoms with E-state index in [1.54, 1.807) is 13.2 Å². The summed E-state index contributed by atoms with van der Waals surface area (Å²) in [5.74, 6) is -0.0113. The second-order valence-corrected chi connectivity index (χ2v) is 4.89. The molecule has 1 heterocycles. The third kappa shape index (κ3) is 4.74. The predicted octanol–water partition coefficient (Wildman–Crippen LogP) is 2.12. The minimum atomic E-state index is -0.318. The lowest BCUT2D eigenvalue weighted by Crippen LogP contribution is -2.28. The van der Waals surface area contributed by atoms with Gasteiger partial charge in [-0.15, -0.1) is 0 Å². The van der Waals surface area contributed by atoms with Crippen molar-refractivity contribution in [3.63, 3.8) is 0 Å². The number of halogens is 1. The van der Waals surface area contributed by atoms with Gasteiger partial charge in [-0.2, -0.15) is 0 Å². The molecule has 0 aliphatic carbocycles. The zero-order valence-corrected chi connectivity index (χ0v) is 11.9. The minimum absolute atomic E-state index is 0.0380. The average Bonchev–Trinajstić information content (AvgIpc) is 2.47. The zero-order valence-electron chi connectivity index (χ0n) is 11.9. The van der Waals surface area contributed by atoms with Crippen LogP contribution in [0.1, 0.15) is 18.4 Å². The first-order valence-electron chi connectivity index (χ1n) is 7.02. The van der Waals surface area contributed by atoms with Gasteiger partial charge < -0.3 is 19.5 Å². The molecular weight excluding hydrogens is 261 g/mol. The van der Waals surface area contributed by atoms with Crippen molar-refractivity contribution >= 4 is 0 Å². The van der Waals surface area contributed by atoms with Gasteiger partial charge >= 0.3 is 0 Å². The Hall–Kier alpha value is -1.17. The molecule has 0 bridgehead atoms. The van der Waals surface area contributed by atoms with E-state index in [0.717, 1.165) is 31.6 Å². The molecule has 1 unspecified atom stereocenters. The molecule has 1 aliphatic rings. The highest BCUT2D eigenvalue weighted by Crippen LogP contribution is 2.22. The van der Waals surface area contributed by atoms with Crippen LogP contribution in [0.2, 0.25) is 0 Å². The zero-order chi connectivity index (χ0) is 14.2. The van der Waals surface area contributed by atoms with Crippen LogP contribution >= 0.6 is 0 Å². The highest BCUT2D eigenvalue weighted by atomic mass is 19.1. The van der Waals surface area contributed by atoms with Crippen LogP contribution < -0.4 is 10.1 Å². The number of nitrogens with one attached hydrogen (secondary N) is 1. The summed E-state index contributed by atoms with van der Waals surface area (Å²) in [5.41, 5.74) is 0.894. The summed E-state index contributed by atoms with van der Waals surface area (Å²) < 4.78 is 29.9. The van der Waals surface area contributed by atoms with Crippen LogP contribution in [-0.2, 0) is 16.0 Å². The van der Waals surface area contributed by atoms with Crippen molar-refractivity contribution in [3.05, 3.63) is 29.6 Å². The molecule has 0 aromatic heterocycles. The van der Waals surface area contributed by atoms with Crippen molar-refractivity contribution in [1.82, 2.24) is 5.32 Å². The van der Waals surface area contributed by atoms with Gasteiger partial charge in [0.25, 0.3) is 0 Å². The van der Waals surface area contributed by atoms with E-state index in [9.17, 15) is 4.39 Å². The van der Waals surface area contributed by atoms with Crippen molar-refractivity contribution in [2.45, 2.75) is 25.5 Å². The topological polar surface area (TPSA) is 39.7 Å². The van der Waals surface area contributed by atoms with Gasteiger partial charge in [0.1, 0.15) is 6.10 Å². The fourth-order valence-electron chi connectivity index (χ4n) is 2.14. The Labute approximate surface area is 119 Å². The van der Waals surface area contributed by atoms with Gasteiger partial charge in [0.2, 0.25) is 0 Å². The Kier molecular flexibility index (Phi) is 6.24. The fraction of sp³-hybridized carbons (Fsp3) is 0.600. The van der Waals surface area contributed by atoms with E-state index < -0.39 is 0 Å². The molecule has 1 fully saturated rings. The van der Waals surface area contributed by atoms with E-state index in [1.807, 2.05) is 6.07 Å². The Morgan fingerprint density at radius 1 is 1.45 bits per heavy atom. The highest BCUT2D eigenvalue weighted by molar-refractivity contribution is 5.29. The summed E-state index contributed by atoms with van der Waals surface area (Å²) >= 11 is 0. The maximum atomic E-state index is 14.0. The molecule has 0 amide bonds. The van der Waals surface area contributed by atoms with E-state index in [-0.39, 0.29) is 11.9 Å². The van der Waals surface area contributed by atoms with Gasteiger partial charge in [0.15, 0.2) is 11.6 Å². The van der Waals surface area contributed by atoms with Crippen LogP contribution in [0.15, 0.2) is 18.2 Å². The highest BCUT2D eigenvalue weighted by Gasteiger charge is 2.17. The minimum Gasteiger partial charge on any atom is -0.485 e. The Bertz CT molecular complexity index is 408. The normalized spacial score (nSPS) is 19.0. The number of rotatable bonds is 7. The van der Waals surface area contributed by atoms with Crippen molar-refractivity contribution in [1.29, 1.82) is 0 Å². The third-order valence-corrected chi connectivity index (χ3v) is 3.22. The van der Waals surface area contributed by atoms with E-state index >= 15 is 0 Å². The number of hydrogen-bond acceptors (Lipinski definition) is 4. The van der Waals surface area contributed by atoms with Gasteiger partial charge in [-0.3, -0.25) is 0 Å². The molecule has 1 saturated heterocycles. The van der Waals surface area contributed by atoms with E-state index in [0.29, 0.717) is 25.5 Å². The van der Waals surface area contributed by atoms with Gasteiger partial charge in [-0.05, 0) is 30.5 Å². The molecule has 2 rings (SSSR count). The van der Waals surface area contributed by atoms with Gasteiger partial charge in [-0.1, -0.05) is 6.07 Å². The van der Waals surface area contributed by atoms with E-state index in [2.05, 4.69) is 5.32 Å². The third-order valence-electron chi connectivity index (χ3n) is 3.22. The molecule has 1 aromatic carbocycles. The predicted molar refractivity (Wildman–Crippen MR) is 74.5 cm³/mol. The summed E-state index contributed by atoms with van der Waals surface area (Å²) in [6, 6.07) is 5.08. The average molecular weight is 283 g/mol. The summed E-state index contributed by atoms with van der Waals surface area (Å²) in [5, 5.41) is 3.18. The van der Waals surface area contributed by atoms with E-state index in [4.69, 9.17) is 14.2 Å². The first-order chi connectivity index (χ1) is 9.79. The second kappa shape index (κ2) is 8.19. The molecule has 4 nitrogen and oxygen atoms in total. The molecule has 1 aromatic rings. The fourth-order valence-corrected chi connectivity index (χ4v) is 2.14. The van der Waals surface area contributed by atoms with Crippen LogP contribution in [-0.4, -0.2) is 39.6 Å². The van der Waals surface area contributed by atoms with Crippen LogP contribution in [0, 0.1) is 5.82 Å². The largest absolute Gasteiger partial charge is 0.485 e. The number of benzene rings is 1. The summed E-state index contributed by atoms with van der Waals surface area (Å²) in [7, 11) is 1.66. The van der Waals surface area contributed by atoms with Crippen LogP contribution in [0.25, 0.3) is 0 Å². The quantitative estimate of drug-likeness (QED) is 0.778. The Morgan fingerprint density at radius 3 is 3.05 bits per heavy atom. The van der Waals surface area contributed by atoms with Gasteiger partial charge in [0, 0.05) is 26.8 Å². The summed E-state index contributed by atoms with van der Waals surface area (Å²) in [6.07, 6.45) is 1.84. The van der Waals surface area contributed by atoms with Crippen LogP contribution in [0.3, 0.4) is 0 Å². The van der Waals surface area contributed by atoms with Crippen molar-refractivity contribution in [3.8, 4) is 5.75 Å². The molecule has 5 heteroatoms. The van der Waals surface area contributed by atoms with Crippen molar-refractivity contribution in [2.75, 3.05) is 33.5 Å². The molecule has 112 valence electrons. The molecule has 1 N–H and O–H groups in total. The first kappa shape index (κ1) is 15.2. The molecule has 0 saturated carbocycles. The van der Waals surface area contributed by atoms with Gasteiger partial charge in [0.05, 0.1) is 13.2 Å². The Morgan fingerprint density at radius 2 is 2.35 bits per heavy atom. The SMILES string of the molecule is COCCNCc1ccc(OC2CCCOC2)c(F)c1. The Balaban J connectivity index is 1.85. The lowest BCUT2D eigenvalue weighted by atomic mass is 10.1. The molecule has 1 aliphatic heterocycles. The maximum Gasteiger partial charge on any atom is 0.165 e. The lowest BCUT2D eigenvalue weighted by Gasteiger charge is -2.23.